The molecule has 2 nitrogen and oxygen atoms in total. The average molecular weight is 349 g/mol. The zero-order valence-corrected chi connectivity index (χ0v) is 16.1. The third-order valence-corrected chi connectivity index (χ3v) is 10.9. The Kier molecular flexibility index (Phi) is 3.54. The average Bonchev–Trinajstić information content (AvgIpc) is 3.15. The first-order valence-corrected chi connectivity index (χ1v) is 11.3. The molecule has 134 valence electrons. The molecule has 0 bridgehead atoms. The van der Waals surface area contributed by atoms with Gasteiger partial charge in [-0.15, -0.1) is 11.8 Å². The molecule has 1 aliphatic heterocycles. The van der Waals surface area contributed by atoms with Gasteiger partial charge < -0.3 is 4.74 Å². The van der Waals surface area contributed by atoms with E-state index in [1.165, 1.54) is 44.3 Å². The van der Waals surface area contributed by atoms with Crippen molar-refractivity contribution in [1.82, 2.24) is 0 Å². The first kappa shape index (κ1) is 16.2. The highest BCUT2D eigenvalue weighted by Gasteiger charge is 2.66. The highest BCUT2D eigenvalue weighted by molar-refractivity contribution is 8.00. The molecule has 1 spiro atoms. The number of ketones is 1. The van der Waals surface area contributed by atoms with Gasteiger partial charge in [-0.25, -0.2) is 0 Å². The van der Waals surface area contributed by atoms with Gasteiger partial charge in [0.1, 0.15) is 10.7 Å². The largest absolute Gasteiger partial charge is 0.363 e. The molecule has 3 heteroatoms. The molecule has 0 aromatic rings. The number of thioether (sulfide) groups is 1. The molecule has 0 aromatic heterocycles. The van der Waals surface area contributed by atoms with Crippen LogP contribution in [0.5, 0.6) is 0 Å². The molecule has 1 heterocycles. The maximum Gasteiger partial charge on any atom is 0.133 e. The maximum atomic E-state index is 12.0. The standard InChI is InChI=1S/C21H32O2S/c1-19-8-5-15(22)13-14(19)3-4-16-17(19)6-9-20(2)18(16)7-10-21(20)23-11-12-24-21/h14,16-18H,3-13H2,1-2H3/t14-,16-,17+,18+,19-,20+,21+/m0/s1. The second-order valence-corrected chi connectivity index (χ2v) is 11.2. The van der Waals surface area contributed by atoms with E-state index in [4.69, 9.17) is 4.74 Å². The molecule has 5 fully saturated rings. The van der Waals surface area contributed by atoms with Gasteiger partial charge in [0.15, 0.2) is 0 Å². The van der Waals surface area contributed by atoms with Crippen LogP contribution in [0.4, 0.5) is 0 Å². The van der Waals surface area contributed by atoms with Gasteiger partial charge in [-0.3, -0.25) is 4.79 Å². The molecule has 0 radical (unpaired) electrons. The van der Waals surface area contributed by atoms with Crippen LogP contribution in [0.2, 0.25) is 0 Å². The van der Waals surface area contributed by atoms with Gasteiger partial charge in [0.2, 0.25) is 0 Å². The Balaban J connectivity index is 1.46. The van der Waals surface area contributed by atoms with Crippen molar-refractivity contribution in [2.45, 2.75) is 76.6 Å². The summed E-state index contributed by atoms with van der Waals surface area (Å²) in [4.78, 5) is 12.1. The van der Waals surface area contributed by atoms with Crippen molar-refractivity contribution >= 4 is 17.5 Å². The Morgan fingerprint density at radius 2 is 1.88 bits per heavy atom. The van der Waals surface area contributed by atoms with Crippen molar-refractivity contribution in [2.75, 3.05) is 12.4 Å². The lowest BCUT2D eigenvalue weighted by atomic mass is 9.45. The number of carbonyl (C=O) groups excluding carboxylic acids is 1. The van der Waals surface area contributed by atoms with Crippen LogP contribution in [0.15, 0.2) is 0 Å². The van der Waals surface area contributed by atoms with E-state index >= 15 is 0 Å². The Morgan fingerprint density at radius 3 is 2.67 bits per heavy atom. The fourth-order valence-corrected chi connectivity index (χ4v) is 9.44. The summed E-state index contributed by atoms with van der Waals surface area (Å²) in [6.07, 6.45) is 11.0. The lowest BCUT2D eigenvalue weighted by Crippen LogP contribution is -2.55. The summed E-state index contributed by atoms with van der Waals surface area (Å²) in [7, 11) is 0. The van der Waals surface area contributed by atoms with Crippen LogP contribution in [-0.4, -0.2) is 23.1 Å². The highest BCUT2D eigenvalue weighted by atomic mass is 32.2. The minimum absolute atomic E-state index is 0.142. The molecule has 5 aliphatic rings. The maximum absolute atomic E-state index is 12.0. The van der Waals surface area contributed by atoms with Gasteiger partial charge in [0, 0.05) is 24.0 Å². The van der Waals surface area contributed by atoms with E-state index in [9.17, 15) is 4.79 Å². The normalized spacial score (nSPS) is 56.8. The summed E-state index contributed by atoms with van der Waals surface area (Å²) in [5.41, 5.74) is 0.834. The number of carbonyl (C=O) groups is 1. The molecule has 5 rings (SSSR count). The van der Waals surface area contributed by atoms with Crippen molar-refractivity contribution in [3.8, 4) is 0 Å². The first-order chi connectivity index (χ1) is 11.5. The number of fused-ring (bicyclic) bond motifs is 6. The fourth-order valence-electron chi connectivity index (χ4n) is 7.93. The molecule has 7 atom stereocenters. The lowest BCUT2D eigenvalue weighted by molar-refractivity contribution is -0.147. The van der Waals surface area contributed by atoms with Crippen molar-refractivity contribution < 1.29 is 9.53 Å². The zero-order chi connectivity index (χ0) is 16.6. The lowest BCUT2D eigenvalue weighted by Gasteiger charge is -2.61. The van der Waals surface area contributed by atoms with E-state index in [1.807, 2.05) is 0 Å². The number of ether oxygens (including phenoxy) is 1. The predicted octanol–water partition coefficient (Wildman–Crippen LogP) is 5.06. The molecule has 4 aliphatic carbocycles. The fraction of sp³-hybridized carbons (Fsp3) is 0.952. The first-order valence-electron chi connectivity index (χ1n) is 10.3. The van der Waals surface area contributed by atoms with Crippen LogP contribution < -0.4 is 0 Å². The minimum Gasteiger partial charge on any atom is -0.363 e. The Bertz CT molecular complexity index is 554. The van der Waals surface area contributed by atoms with E-state index in [0.717, 1.165) is 43.6 Å². The minimum atomic E-state index is 0.142. The Morgan fingerprint density at radius 1 is 1.04 bits per heavy atom. The summed E-state index contributed by atoms with van der Waals surface area (Å²) in [5.74, 6) is 5.02. The summed E-state index contributed by atoms with van der Waals surface area (Å²) in [6.45, 7) is 6.08. The summed E-state index contributed by atoms with van der Waals surface area (Å²) in [6, 6.07) is 0. The van der Waals surface area contributed by atoms with Crippen LogP contribution in [0.3, 0.4) is 0 Å². The Hall–Kier alpha value is -0.0200. The van der Waals surface area contributed by atoms with Gasteiger partial charge in [-0.2, -0.15) is 0 Å². The second kappa shape index (κ2) is 5.25. The SMILES string of the molecule is C[C@]12CCC(=O)C[C@@H]1CC[C@H]1[C@H]2CC[C@]2(C)[C@@H]1CC[C@]21OCCS1. The predicted molar refractivity (Wildman–Crippen MR) is 97.9 cm³/mol. The van der Waals surface area contributed by atoms with E-state index in [2.05, 4.69) is 25.6 Å². The van der Waals surface area contributed by atoms with E-state index in [1.54, 1.807) is 0 Å². The molecule has 0 aromatic carbocycles. The number of Topliss-reactive ketones (excluding diaryl/α,β-unsaturated/α-hetero) is 1. The number of hydrogen-bond acceptors (Lipinski definition) is 3. The molecule has 24 heavy (non-hydrogen) atoms. The summed E-state index contributed by atoms with van der Waals surface area (Å²) < 4.78 is 6.42. The van der Waals surface area contributed by atoms with Crippen molar-refractivity contribution in [3.63, 3.8) is 0 Å². The molecule has 1 saturated heterocycles. The van der Waals surface area contributed by atoms with Gasteiger partial charge in [-0.05, 0) is 74.0 Å². The number of rotatable bonds is 0. The smallest absolute Gasteiger partial charge is 0.133 e. The van der Waals surface area contributed by atoms with E-state index in [0.29, 0.717) is 22.5 Å². The van der Waals surface area contributed by atoms with Crippen LogP contribution >= 0.6 is 11.8 Å². The van der Waals surface area contributed by atoms with Crippen molar-refractivity contribution in [2.24, 2.45) is 34.5 Å². The van der Waals surface area contributed by atoms with Gasteiger partial charge >= 0.3 is 0 Å². The number of hydrogen-bond donors (Lipinski definition) is 0. The molecular formula is C21H32O2S. The third kappa shape index (κ3) is 1.92. The van der Waals surface area contributed by atoms with Gasteiger partial charge in [0.25, 0.3) is 0 Å². The summed E-state index contributed by atoms with van der Waals surface area (Å²) >= 11 is 2.13. The van der Waals surface area contributed by atoms with Crippen LogP contribution in [-0.2, 0) is 9.53 Å². The van der Waals surface area contributed by atoms with Crippen molar-refractivity contribution in [1.29, 1.82) is 0 Å². The molecule has 0 unspecified atom stereocenters. The van der Waals surface area contributed by atoms with Crippen molar-refractivity contribution in [3.05, 3.63) is 0 Å². The molecule has 0 N–H and O–H groups in total. The quantitative estimate of drug-likeness (QED) is 0.612. The van der Waals surface area contributed by atoms with Crippen LogP contribution in [0, 0.1) is 34.5 Å². The third-order valence-electron chi connectivity index (χ3n) is 9.28. The van der Waals surface area contributed by atoms with E-state index in [-0.39, 0.29) is 4.93 Å². The highest BCUT2D eigenvalue weighted by Crippen LogP contribution is 2.71. The second-order valence-electron chi connectivity index (χ2n) is 9.84. The molecule has 4 saturated carbocycles. The van der Waals surface area contributed by atoms with Gasteiger partial charge in [-0.1, -0.05) is 13.8 Å². The molecular weight excluding hydrogens is 316 g/mol. The van der Waals surface area contributed by atoms with E-state index < -0.39 is 0 Å². The summed E-state index contributed by atoms with van der Waals surface area (Å²) in [5, 5.41) is 0. The van der Waals surface area contributed by atoms with Crippen LogP contribution in [0.25, 0.3) is 0 Å². The molecule has 0 amide bonds. The topological polar surface area (TPSA) is 26.3 Å². The Labute approximate surface area is 150 Å². The monoisotopic (exact) mass is 348 g/mol. The zero-order valence-electron chi connectivity index (χ0n) is 15.3. The van der Waals surface area contributed by atoms with Crippen LogP contribution in [0.1, 0.15) is 71.6 Å². The van der Waals surface area contributed by atoms with Gasteiger partial charge in [0.05, 0.1) is 6.61 Å².